The maximum absolute atomic E-state index is 10.3. The van der Waals surface area contributed by atoms with Crippen LogP contribution < -0.4 is 0 Å². The average molecular weight is 306 g/mol. The molecule has 2 heteroatoms. The smallest absolute Gasteiger partial charge is 0.303 e. The normalized spacial score (nSPS) is 12.0. The van der Waals surface area contributed by atoms with Gasteiger partial charge < -0.3 is 5.11 Å². The third-order valence-corrected chi connectivity index (χ3v) is 3.53. The topological polar surface area (TPSA) is 37.3 Å². The summed E-state index contributed by atoms with van der Waals surface area (Å²) in [6.45, 7) is 2.22. The van der Waals surface area contributed by atoms with Crippen LogP contribution >= 0.6 is 0 Å². The van der Waals surface area contributed by atoms with E-state index >= 15 is 0 Å². The zero-order valence-corrected chi connectivity index (χ0v) is 14.3. The average Bonchev–Trinajstić information content (AvgIpc) is 2.50. The second-order valence-corrected chi connectivity index (χ2v) is 5.73. The van der Waals surface area contributed by atoms with Crippen LogP contribution in [0.3, 0.4) is 0 Å². The number of carboxylic acid groups (broad SMARTS) is 1. The molecule has 0 heterocycles. The highest BCUT2D eigenvalue weighted by atomic mass is 16.4. The zero-order valence-electron chi connectivity index (χ0n) is 14.3. The molecule has 1 N–H and O–H groups in total. The van der Waals surface area contributed by atoms with Crippen molar-refractivity contribution in [3.63, 3.8) is 0 Å². The molecule has 0 aromatic heterocycles. The summed E-state index contributed by atoms with van der Waals surface area (Å²) < 4.78 is 0. The number of hydrogen-bond acceptors (Lipinski definition) is 1. The van der Waals surface area contributed by atoms with Gasteiger partial charge in [-0.05, 0) is 38.5 Å². The Balaban J connectivity index is 3.26. The van der Waals surface area contributed by atoms with Crippen LogP contribution in [0.5, 0.6) is 0 Å². The molecule has 126 valence electrons. The van der Waals surface area contributed by atoms with Crippen molar-refractivity contribution in [2.45, 2.75) is 84.0 Å². The Hall–Kier alpha value is -1.31. The van der Waals surface area contributed by atoms with E-state index in [9.17, 15) is 4.79 Å². The van der Waals surface area contributed by atoms with Crippen molar-refractivity contribution in [3.8, 4) is 0 Å². The van der Waals surface area contributed by atoms with Gasteiger partial charge in [0.05, 0.1) is 0 Å². The highest BCUT2D eigenvalue weighted by Gasteiger charge is 1.95. The van der Waals surface area contributed by atoms with Crippen molar-refractivity contribution >= 4 is 5.97 Å². The van der Waals surface area contributed by atoms with Gasteiger partial charge in [-0.3, -0.25) is 4.79 Å². The number of hydrogen-bond donors (Lipinski definition) is 1. The summed E-state index contributed by atoms with van der Waals surface area (Å²) in [7, 11) is 0. The van der Waals surface area contributed by atoms with Crippen LogP contribution in [-0.4, -0.2) is 11.1 Å². The maximum atomic E-state index is 10.3. The third-order valence-electron chi connectivity index (χ3n) is 3.53. The lowest BCUT2D eigenvalue weighted by Gasteiger charge is -1.98. The lowest BCUT2D eigenvalue weighted by molar-refractivity contribution is -0.137. The predicted octanol–water partition coefficient (Wildman–Crippen LogP) is 6.44. The first kappa shape index (κ1) is 20.7. The van der Waals surface area contributed by atoms with Gasteiger partial charge in [0.25, 0.3) is 0 Å². The van der Waals surface area contributed by atoms with Crippen molar-refractivity contribution in [2.24, 2.45) is 0 Å². The molecule has 2 nitrogen and oxygen atoms in total. The van der Waals surface area contributed by atoms with Crippen molar-refractivity contribution in [2.75, 3.05) is 0 Å². The van der Waals surface area contributed by atoms with E-state index in [1.165, 1.54) is 32.1 Å². The minimum absolute atomic E-state index is 0.319. The quantitative estimate of drug-likeness (QED) is 0.279. The lowest BCUT2D eigenvalue weighted by atomic mass is 10.1. The Morgan fingerprint density at radius 2 is 1.23 bits per heavy atom. The number of rotatable bonds is 15. The molecular formula is C20H34O2. The minimum atomic E-state index is -0.674. The highest BCUT2D eigenvalue weighted by Crippen LogP contribution is 2.07. The fraction of sp³-hybridized carbons (Fsp3) is 0.650. The van der Waals surface area contributed by atoms with Gasteiger partial charge in [0, 0.05) is 6.42 Å². The summed E-state index contributed by atoms with van der Waals surface area (Å²) in [4.78, 5) is 10.3. The molecule has 0 aliphatic rings. The van der Waals surface area contributed by atoms with Gasteiger partial charge >= 0.3 is 5.97 Å². The van der Waals surface area contributed by atoms with Crippen LogP contribution in [0.2, 0.25) is 0 Å². The third kappa shape index (κ3) is 18.7. The number of carbonyl (C=O) groups is 1. The van der Waals surface area contributed by atoms with Gasteiger partial charge in [0.15, 0.2) is 0 Å². The number of aliphatic carboxylic acids is 1. The molecule has 0 amide bonds. The molecule has 0 unspecified atom stereocenters. The SMILES string of the molecule is CCCC/C=C/C/C=C/C/C=C/CCCCCCCC(=O)O. The molecule has 0 saturated heterocycles. The largest absolute Gasteiger partial charge is 0.481 e. The molecule has 0 radical (unpaired) electrons. The van der Waals surface area contributed by atoms with Crippen LogP contribution in [0.1, 0.15) is 84.0 Å². The van der Waals surface area contributed by atoms with E-state index < -0.39 is 5.97 Å². The highest BCUT2D eigenvalue weighted by molar-refractivity contribution is 5.66. The van der Waals surface area contributed by atoms with Gasteiger partial charge in [0.1, 0.15) is 0 Å². The number of allylic oxidation sites excluding steroid dienone is 6. The van der Waals surface area contributed by atoms with Crippen LogP contribution in [0.25, 0.3) is 0 Å². The van der Waals surface area contributed by atoms with Crippen molar-refractivity contribution in [1.82, 2.24) is 0 Å². The van der Waals surface area contributed by atoms with Gasteiger partial charge in [-0.25, -0.2) is 0 Å². The molecule has 22 heavy (non-hydrogen) atoms. The molecular weight excluding hydrogens is 272 g/mol. The zero-order chi connectivity index (χ0) is 16.3. The fourth-order valence-corrected chi connectivity index (χ4v) is 2.17. The van der Waals surface area contributed by atoms with E-state index in [1.54, 1.807) is 0 Å². The van der Waals surface area contributed by atoms with Crippen LogP contribution in [0.4, 0.5) is 0 Å². The number of unbranched alkanes of at least 4 members (excludes halogenated alkanes) is 7. The predicted molar refractivity (Wildman–Crippen MR) is 96.1 cm³/mol. The summed E-state index contributed by atoms with van der Waals surface area (Å²) in [6.07, 6.45) is 26.3. The first-order chi connectivity index (χ1) is 10.8. The van der Waals surface area contributed by atoms with Gasteiger partial charge in [-0.15, -0.1) is 0 Å². The summed E-state index contributed by atoms with van der Waals surface area (Å²) in [5, 5.41) is 8.52. The van der Waals surface area contributed by atoms with Gasteiger partial charge in [0.2, 0.25) is 0 Å². The minimum Gasteiger partial charge on any atom is -0.481 e. The Kier molecular flexibility index (Phi) is 16.7. The standard InChI is InChI=1S/C20H34O2/c1-2-3-4-5-6-7-8-9-10-11-12-13-14-15-16-17-18-19-20(21)22/h5-6,8-9,11-12H,2-4,7,10,13-19H2,1H3,(H,21,22)/b6-5+,9-8+,12-11+. The van der Waals surface area contributed by atoms with Gasteiger partial charge in [-0.2, -0.15) is 0 Å². The summed E-state index contributed by atoms with van der Waals surface area (Å²) in [6, 6.07) is 0. The molecule has 0 aromatic rings. The van der Waals surface area contributed by atoms with E-state index in [0.29, 0.717) is 6.42 Å². The second kappa shape index (κ2) is 17.7. The van der Waals surface area contributed by atoms with E-state index in [2.05, 4.69) is 43.4 Å². The molecule has 0 aliphatic carbocycles. The van der Waals surface area contributed by atoms with Crippen LogP contribution in [-0.2, 0) is 4.79 Å². The van der Waals surface area contributed by atoms with Crippen LogP contribution in [0.15, 0.2) is 36.5 Å². The second-order valence-electron chi connectivity index (χ2n) is 5.73. The summed E-state index contributed by atoms with van der Waals surface area (Å²) >= 11 is 0. The first-order valence-corrected chi connectivity index (χ1v) is 8.94. The van der Waals surface area contributed by atoms with Crippen molar-refractivity contribution in [1.29, 1.82) is 0 Å². The monoisotopic (exact) mass is 306 g/mol. The van der Waals surface area contributed by atoms with Crippen molar-refractivity contribution in [3.05, 3.63) is 36.5 Å². The first-order valence-electron chi connectivity index (χ1n) is 8.94. The lowest BCUT2D eigenvalue weighted by Crippen LogP contribution is -1.93. The fourth-order valence-electron chi connectivity index (χ4n) is 2.17. The van der Waals surface area contributed by atoms with E-state index in [-0.39, 0.29) is 0 Å². The van der Waals surface area contributed by atoms with E-state index in [0.717, 1.165) is 38.5 Å². The summed E-state index contributed by atoms with van der Waals surface area (Å²) in [5.74, 6) is -0.674. The Bertz CT molecular complexity index is 327. The maximum Gasteiger partial charge on any atom is 0.303 e. The molecule has 0 rings (SSSR count). The Morgan fingerprint density at radius 3 is 1.82 bits per heavy atom. The van der Waals surface area contributed by atoms with E-state index in [1.807, 2.05) is 0 Å². The molecule has 0 aliphatic heterocycles. The number of carboxylic acids is 1. The summed E-state index contributed by atoms with van der Waals surface area (Å²) in [5.41, 5.74) is 0. The van der Waals surface area contributed by atoms with Gasteiger partial charge in [-0.1, -0.05) is 75.5 Å². The molecule has 0 fully saturated rings. The molecule has 0 atom stereocenters. The van der Waals surface area contributed by atoms with Crippen LogP contribution in [0, 0.1) is 0 Å². The molecule has 0 saturated carbocycles. The molecule has 0 spiro atoms. The van der Waals surface area contributed by atoms with Crippen molar-refractivity contribution < 1.29 is 9.90 Å². The molecule has 0 bridgehead atoms. The Morgan fingerprint density at radius 1 is 0.727 bits per heavy atom. The Labute approximate surface area is 137 Å². The molecule has 0 aromatic carbocycles. The van der Waals surface area contributed by atoms with E-state index in [4.69, 9.17) is 5.11 Å².